The molecule has 0 aliphatic rings. The maximum Gasteiger partial charge on any atom is 0.488 e. The zero-order chi connectivity index (χ0) is 13.8. The standard InChI is InChI=1S/C14H14BFO2S/c1-10-3-2-4-13(7-10)19-9-11-5-6-12(15(17)18)8-14(11)16/h2-8,17-18H,9H2,1H3. The van der Waals surface area contributed by atoms with Crippen LogP contribution in [-0.4, -0.2) is 17.2 Å². The fraction of sp³-hybridized carbons (Fsp3) is 0.143. The molecule has 2 rings (SSSR count). The maximum atomic E-state index is 13.8. The van der Waals surface area contributed by atoms with Gasteiger partial charge in [0.25, 0.3) is 0 Å². The molecule has 0 unspecified atom stereocenters. The molecule has 0 aromatic heterocycles. The largest absolute Gasteiger partial charge is 0.488 e. The highest BCUT2D eigenvalue weighted by atomic mass is 32.2. The molecular weight excluding hydrogens is 262 g/mol. The Balaban J connectivity index is 2.07. The lowest BCUT2D eigenvalue weighted by Gasteiger charge is -2.06. The van der Waals surface area contributed by atoms with E-state index in [0.717, 1.165) is 11.0 Å². The van der Waals surface area contributed by atoms with Crippen LogP contribution in [0, 0.1) is 12.7 Å². The highest BCUT2D eigenvalue weighted by Gasteiger charge is 2.13. The van der Waals surface area contributed by atoms with Gasteiger partial charge in [0.1, 0.15) is 5.82 Å². The molecule has 0 aliphatic heterocycles. The second-order valence-corrected chi connectivity index (χ2v) is 5.38. The number of halogens is 1. The van der Waals surface area contributed by atoms with Crippen molar-refractivity contribution in [2.45, 2.75) is 17.6 Å². The first kappa shape index (κ1) is 14.1. The second kappa shape index (κ2) is 6.24. The van der Waals surface area contributed by atoms with Crippen LogP contribution in [0.4, 0.5) is 4.39 Å². The van der Waals surface area contributed by atoms with Gasteiger partial charge in [-0.3, -0.25) is 0 Å². The minimum Gasteiger partial charge on any atom is -0.423 e. The first-order valence-electron chi connectivity index (χ1n) is 5.90. The Hall–Kier alpha value is -1.30. The Bertz CT molecular complexity index is 575. The summed E-state index contributed by atoms with van der Waals surface area (Å²) in [5, 5.41) is 17.9. The van der Waals surface area contributed by atoms with Gasteiger partial charge in [-0.05, 0) is 36.1 Å². The predicted octanol–water partition coefficient (Wildman–Crippen LogP) is 2.11. The molecule has 2 aromatic carbocycles. The summed E-state index contributed by atoms with van der Waals surface area (Å²) < 4.78 is 13.8. The molecule has 0 aliphatic carbocycles. The lowest BCUT2D eigenvalue weighted by atomic mass is 9.80. The van der Waals surface area contributed by atoms with Crippen LogP contribution in [0.1, 0.15) is 11.1 Å². The van der Waals surface area contributed by atoms with E-state index in [1.54, 1.807) is 17.8 Å². The minimum absolute atomic E-state index is 0.168. The zero-order valence-corrected chi connectivity index (χ0v) is 11.3. The van der Waals surface area contributed by atoms with E-state index in [0.29, 0.717) is 11.3 Å². The van der Waals surface area contributed by atoms with E-state index >= 15 is 0 Å². The Kier molecular flexibility index (Phi) is 4.63. The summed E-state index contributed by atoms with van der Waals surface area (Å²) in [6, 6.07) is 12.3. The molecule has 0 amide bonds. The van der Waals surface area contributed by atoms with E-state index in [1.165, 1.54) is 11.6 Å². The SMILES string of the molecule is Cc1cccc(SCc2ccc(B(O)O)cc2F)c1. The minimum atomic E-state index is -1.63. The summed E-state index contributed by atoms with van der Waals surface area (Å²) in [6.45, 7) is 2.02. The molecule has 0 radical (unpaired) electrons. The van der Waals surface area contributed by atoms with Crippen LogP contribution in [0.3, 0.4) is 0 Å². The van der Waals surface area contributed by atoms with E-state index in [4.69, 9.17) is 10.0 Å². The molecule has 5 heteroatoms. The Morgan fingerprint density at radius 3 is 2.58 bits per heavy atom. The third-order valence-corrected chi connectivity index (χ3v) is 3.80. The summed E-state index contributed by atoms with van der Waals surface area (Å²) >= 11 is 1.55. The van der Waals surface area contributed by atoms with Gasteiger partial charge >= 0.3 is 7.12 Å². The van der Waals surface area contributed by atoms with Gasteiger partial charge in [0.2, 0.25) is 0 Å². The first-order chi connectivity index (χ1) is 9.06. The van der Waals surface area contributed by atoms with Gasteiger partial charge in [-0.25, -0.2) is 4.39 Å². The van der Waals surface area contributed by atoms with Gasteiger partial charge in [0, 0.05) is 10.6 Å². The molecule has 0 fully saturated rings. The van der Waals surface area contributed by atoms with Crippen LogP contribution in [0.2, 0.25) is 0 Å². The highest BCUT2D eigenvalue weighted by Crippen LogP contribution is 2.24. The number of benzene rings is 2. The highest BCUT2D eigenvalue weighted by molar-refractivity contribution is 7.98. The molecule has 2 nitrogen and oxygen atoms in total. The van der Waals surface area contributed by atoms with E-state index in [2.05, 4.69) is 6.07 Å². The average molecular weight is 276 g/mol. The van der Waals surface area contributed by atoms with E-state index in [1.807, 2.05) is 25.1 Å². The molecule has 0 heterocycles. The van der Waals surface area contributed by atoms with Crippen molar-refractivity contribution in [3.8, 4) is 0 Å². The average Bonchev–Trinajstić information content (AvgIpc) is 2.37. The topological polar surface area (TPSA) is 40.5 Å². The smallest absolute Gasteiger partial charge is 0.423 e. The van der Waals surface area contributed by atoms with Crippen LogP contribution in [0.15, 0.2) is 47.4 Å². The molecule has 2 aromatic rings. The van der Waals surface area contributed by atoms with Crippen LogP contribution in [0.5, 0.6) is 0 Å². The van der Waals surface area contributed by atoms with Crippen molar-refractivity contribution in [3.63, 3.8) is 0 Å². The number of rotatable bonds is 4. The summed E-state index contributed by atoms with van der Waals surface area (Å²) in [6.07, 6.45) is 0. The zero-order valence-electron chi connectivity index (χ0n) is 10.5. The molecule has 0 spiro atoms. The third kappa shape index (κ3) is 3.83. The predicted molar refractivity (Wildman–Crippen MR) is 77.0 cm³/mol. The van der Waals surface area contributed by atoms with Crippen molar-refractivity contribution >= 4 is 24.3 Å². The van der Waals surface area contributed by atoms with Gasteiger partial charge in [-0.1, -0.05) is 29.8 Å². The number of aryl methyl sites for hydroxylation is 1. The van der Waals surface area contributed by atoms with E-state index in [-0.39, 0.29) is 5.46 Å². The van der Waals surface area contributed by atoms with Crippen molar-refractivity contribution in [1.82, 2.24) is 0 Å². The Labute approximate surface area is 116 Å². The molecule has 0 bridgehead atoms. The molecule has 0 saturated heterocycles. The van der Waals surface area contributed by atoms with Crippen molar-refractivity contribution in [2.24, 2.45) is 0 Å². The molecule has 2 N–H and O–H groups in total. The molecule has 0 saturated carbocycles. The maximum absolute atomic E-state index is 13.8. The fourth-order valence-corrected chi connectivity index (χ4v) is 2.71. The first-order valence-corrected chi connectivity index (χ1v) is 6.89. The summed E-state index contributed by atoms with van der Waals surface area (Å²) in [5.41, 5.74) is 1.89. The van der Waals surface area contributed by atoms with Gasteiger partial charge in [0.05, 0.1) is 0 Å². The Morgan fingerprint density at radius 2 is 1.95 bits per heavy atom. The van der Waals surface area contributed by atoms with Crippen LogP contribution >= 0.6 is 11.8 Å². The van der Waals surface area contributed by atoms with E-state index in [9.17, 15) is 4.39 Å². The number of hydrogen-bond donors (Lipinski definition) is 2. The lowest BCUT2D eigenvalue weighted by molar-refractivity contribution is 0.425. The van der Waals surface area contributed by atoms with Crippen molar-refractivity contribution in [1.29, 1.82) is 0 Å². The summed E-state index contributed by atoms with van der Waals surface area (Å²) in [5.74, 6) is 0.0997. The van der Waals surface area contributed by atoms with Crippen molar-refractivity contribution in [2.75, 3.05) is 0 Å². The van der Waals surface area contributed by atoms with Crippen LogP contribution < -0.4 is 5.46 Å². The van der Waals surface area contributed by atoms with Crippen LogP contribution in [-0.2, 0) is 5.75 Å². The lowest BCUT2D eigenvalue weighted by Crippen LogP contribution is -2.30. The number of hydrogen-bond acceptors (Lipinski definition) is 3. The molecular formula is C14H14BFO2S. The van der Waals surface area contributed by atoms with Crippen LogP contribution in [0.25, 0.3) is 0 Å². The second-order valence-electron chi connectivity index (χ2n) is 4.33. The molecule has 19 heavy (non-hydrogen) atoms. The van der Waals surface area contributed by atoms with Crippen molar-refractivity contribution in [3.05, 3.63) is 59.4 Å². The summed E-state index contributed by atoms with van der Waals surface area (Å²) in [4.78, 5) is 1.09. The van der Waals surface area contributed by atoms with E-state index < -0.39 is 12.9 Å². The molecule has 0 atom stereocenters. The summed E-state index contributed by atoms with van der Waals surface area (Å²) in [7, 11) is -1.63. The van der Waals surface area contributed by atoms with Crippen molar-refractivity contribution < 1.29 is 14.4 Å². The normalized spacial score (nSPS) is 10.5. The van der Waals surface area contributed by atoms with Gasteiger partial charge in [0.15, 0.2) is 0 Å². The number of thioether (sulfide) groups is 1. The van der Waals surface area contributed by atoms with Gasteiger partial charge in [-0.15, -0.1) is 11.8 Å². The van der Waals surface area contributed by atoms with Gasteiger partial charge in [-0.2, -0.15) is 0 Å². The Morgan fingerprint density at radius 1 is 1.16 bits per heavy atom. The quantitative estimate of drug-likeness (QED) is 0.663. The third-order valence-electron chi connectivity index (χ3n) is 2.76. The molecule has 98 valence electrons. The van der Waals surface area contributed by atoms with Gasteiger partial charge < -0.3 is 10.0 Å². The fourth-order valence-electron chi connectivity index (χ4n) is 1.71. The monoisotopic (exact) mass is 276 g/mol.